The Balaban J connectivity index is 0.000000201. The van der Waals surface area contributed by atoms with Gasteiger partial charge in [0, 0.05) is 22.6 Å². The Morgan fingerprint density at radius 3 is 2.23 bits per heavy atom. The van der Waals surface area contributed by atoms with Crippen molar-refractivity contribution in [3.8, 4) is 0 Å². The van der Waals surface area contributed by atoms with Gasteiger partial charge >= 0.3 is 6.18 Å². The van der Waals surface area contributed by atoms with Crippen LogP contribution >= 0.6 is 11.6 Å². The van der Waals surface area contributed by atoms with Crippen molar-refractivity contribution in [2.24, 2.45) is 4.99 Å². The van der Waals surface area contributed by atoms with Gasteiger partial charge in [0.1, 0.15) is 13.1 Å². The van der Waals surface area contributed by atoms with Crippen LogP contribution in [0, 0.1) is 0 Å². The minimum atomic E-state index is -4.51. The average molecular weight is 570 g/mol. The zero-order valence-corrected chi connectivity index (χ0v) is 22.4. The van der Waals surface area contributed by atoms with Gasteiger partial charge in [-0.15, -0.1) is 0 Å². The van der Waals surface area contributed by atoms with Gasteiger partial charge in [0.2, 0.25) is 17.7 Å². The number of aliphatic imine (C=N–C) groups is 1. The van der Waals surface area contributed by atoms with Crippen molar-refractivity contribution in [3.05, 3.63) is 101 Å². The highest BCUT2D eigenvalue weighted by atomic mass is 35.5. The standard InChI is InChI=1S/C17H12ClF3N2O.C13H15NO2/c18-12-6-7-14-13(8-12)16(11-4-2-1-3-5-11)22-9-15(24)23(14)10-17(19,20)21;1-2-13(10-6-4-3-5-7-10)9-8-11(15)14-12(13)16/h1-8H,9-10H2;3-7H,2,8-9H2,1H3,(H,14,15,16). The number of imide groups is 1. The van der Waals surface area contributed by atoms with E-state index in [2.05, 4.69) is 10.3 Å². The molecule has 1 atom stereocenters. The maximum absolute atomic E-state index is 12.9. The van der Waals surface area contributed by atoms with Gasteiger partial charge in [-0.25, -0.2) is 0 Å². The number of benzene rings is 3. The summed E-state index contributed by atoms with van der Waals surface area (Å²) in [5.74, 6) is -1.02. The van der Waals surface area contributed by atoms with E-state index >= 15 is 0 Å². The Labute approximate surface area is 234 Å². The summed E-state index contributed by atoms with van der Waals surface area (Å²) in [6.45, 7) is 0.271. The summed E-state index contributed by atoms with van der Waals surface area (Å²) in [6.07, 6.45) is -2.76. The lowest BCUT2D eigenvalue weighted by atomic mass is 9.72. The summed E-state index contributed by atoms with van der Waals surface area (Å²) in [4.78, 5) is 40.4. The van der Waals surface area contributed by atoms with Crippen molar-refractivity contribution in [2.45, 2.75) is 37.8 Å². The fraction of sp³-hybridized carbons (Fsp3) is 0.267. The first-order valence-corrected chi connectivity index (χ1v) is 13.1. The number of benzodiazepines with no additional fused rings is 1. The second-order valence-electron chi connectivity index (χ2n) is 9.47. The molecule has 3 aromatic carbocycles. The molecular weight excluding hydrogens is 543 g/mol. The number of anilines is 1. The Hall–Kier alpha value is -3.98. The zero-order chi connectivity index (χ0) is 28.9. The summed E-state index contributed by atoms with van der Waals surface area (Å²) >= 11 is 6.02. The van der Waals surface area contributed by atoms with Crippen LogP contribution in [0.5, 0.6) is 0 Å². The third-order valence-corrected chi connectivity index (χ3v) is 7.19. The first-order chi connectivity index (χ1) is 19.0. The predicted octanol–water partition coefficient (Wildman–Crippen LogP) is 5.86. The van der Waals surface area contributed by atoms with Crippen LogP contribution in [-0.2, 0) is 19.8 Å². The third-order valence-electron chi connectivity index (χ3n) is 6.96. The molecule has 1 fully saturated rings. The number of carbonyl (C=O) groups excluding carboxylic acids is 3. The second kappa shape index (κ2) is 12.0. The van der Waals surface area contributed by atoms with Crippen LogP contribution in [0.4, 0.5) is 18.9 Å². The molecule has 0 aromatic heterocycles. The van der Waals surface area contributed by atoms with Crippen molar-refractivity contribution in [1.82, 2.24) is 5.32 Å². The molecule has 0 radical (unpaired) electrons. The zero-order valence-electron chi connectivity index (χ0n) is 21.7. The van der Waals surface area contributed by atoms with Crippen LogP contribution in [0.25, 0.3) is 0 Å². The summed E-state index contributed by atoms with van der Waals surface area (Å²) < 4.78 is 38.6. The highest BCUT2D eigenvalue weighted by molar-refractivity contribution is 6.32. The molecule has 5 rings (SSSR count). The van der Waals surface area contributed by atoms with E-state index in [-0.39, 0.29) is 24.0 Å². The number of alkyl halides is 3. The van der Waals surface area contributed by atoms with Crippen molar-refractivity contribution < 1.29 is 27.6 Å². The normalized spacial score (nSPS) is 19.1. The molecule has 0 saturated carbocycles. The molecule has 0 bridgehead atoms. The van der Waals surface area contributed by atoms with Crippen LogP contribution in [0.2, 0.25) is 5.02 Å². The van der Waals surface area contributed by atoms with Gasteiger partial charge in [0.15, 0.2) is 0 Å². The SMILES string of the molecule is CCC1(c2ccccc2)CCC(=O)NC1=O.O=C1CN=C(c2ccccc2)c2cc(Cl)ccc2N1CC(F)(F)F. The second-order valence-corrected chi connectivity index (χ2v) is 9.90. The summed E-state index contributed by atoms with van der Waals surface area (Å²) in [6, 6.07) is 23.1. The van der Waals surface area contributed by atoms with Crippen LogP contribution in [0.1, 0.15) is 42.9 Å². The molecule has 3 aromatic rings. The number of hydrogen-bond acceptors (Lipinski definition) is 4. The van der Waals surface area contributed by atoms with E-state index in [9.17, 15) is 27.6 Å². The Morgan fingerprint density at radius 2 is 1.62 bits per heavy atom. The molecule has 1 unspecified atom stereocenters. The number of piperidine rings is 1. The van der Waals surface area contributed by atoms with Crippen LogP contribution in [0.3, 0.4) is 0 Å². The number of nitrogens with one attached hydrogen (secondary N) is 1. The first-order valence-electron chi connectivity index (χ1n) is 12.7. The number of rotatable bonds is 4. The predicted molar refractivity (Wildman–Crippen MR) is 148 cm³/mol. The summed E-state index contributed by atoms with van der Waals surface area (Å²) in [7, 11) is 0. The summed E-state index contributed by atoms with van der Waals surface area (Å²) in [5, 5.41) is 2.80. The molecule has 1 N–H and O–H groups in total. The highest BCUT2D eigenvalue weighted by Gasteiger charge is 2.42. The monoisotopic (exact) mass is 569 g/mol. The minimum absolute atomic E-state index is 0.154. The fourth-order valence-electron chi connectivity index (χ4n) is 4.90. The van der Waals surface area contributed by atoms with Crippen LogP contribution in [-0.4, -0.2) is 42.7 Å². The van der Waals surface area contributed by atoms with Gasteiger partial charge in [0.25, 0.3) is 0 Å². The van der Waals surface area contributed by atoms with Crippen LogP contribution in [0.15, 0.2) is 83.9 Å². The van der Waals surface area contributed by atoms with Crippen molar-refractivity contribution in [1.29, 1.82) is 0 Å². The smallest absolute Gasteiger partial charge is 0.301 e. The Morgan fingerprint density at radius 1 is 0.975 bits per heavy atom. The fourth-order valence-corrected chi connectivity index (χ4v) is 5.08. The maximum Gasteiger partial charge on any atom is 0.406 e. The molecule has 2 aliphatic heterocycles. The Bertz CT molecular complexity index is 1430. The Kier molecular flexibility index (Phi) is 8.73. The van der Waals surface area contributed by atoms with Crippen molar-refractivity contribution >= 4 is 40.7 Å². The highest BCUT2D eigenvalue weighted by Crippen LogP contribution is 2.35. The molecule has 40 heavy (non-hydrogen) atoms. The van der Waals surface area contributed by atoms with E-state index < -0.39 is 24.0 Å². The molecule has 208 valence electrons. The van der Waals surface area contributed by atoms with Gasteiger partial charge < -0.3 is 4.90 Å². The minimum Gasteiger partial charge on any atom is -0.301 e. The number of nitrogens with zero attached hydrogens (tertiary/aromatic N) is 2. The molecule has 2 aliphatic rings. The van der Waals surface area contributed by atoms with Gasteiger partial charge in [-0.2, -0.15) is 13.2 Å². The average Bonchev–Trinajstić information content (AvgIpc) is 3.05. The summed E-state index contributed by atoms with van der Waals surface area (Å²) in [5.41, 5.74) is 2.21. The van der Waals surface area contributed by atoms with E-state index in [1.165, 1.54) is 18.2 Å². The largest absolute Gasteiger partial charge is 0.406 e. The lowest BCUT2D eigenvalue weighted by Gasteiger charge is -2.34. The topological polar surface area (TPSA) is 78.8 Å². The molecule has 0 aliphatic carbocycles. The lowest BCUT2D eigenvalue weighted by Crippen LogP contribution is -2.51. The van der Waals surface area contributed by atoms with Crippen molar-refractivity contribution in [2.75, 3.05) is 18.0 Å². The number of halogens is 4. The third kappa shape index (κ3) is 6.42. The first kappa shape index (κ1) is 29.0. The van der Waals surface area contributed by atoms with E-state index in [1.54, 1.807) is 24.3 Å². The number of amides is 3. The van der Waals surface area contributed by atoms with E-state index in [0.29, 0.717) is 39.6 Å². The lowest BCUT2D eigenvalue weighted by molar-refractivity contribution is -0.138. The number of fused-ring (bicyclic) bond motifs is 1. The molecule has 0 spiro atoms. The maximum atomic E-state index is 12.9. The van der Waals surface area contributed by atoms with E-state index in [1.807, 2.05) is 43.3 Å². The molecule has 6 nitrogen and oxygen atoms in total. The number of hydrogen-bond donors (Lipinski definition) is 1. The van der Waals surface area contributed by atoms with E-state index in [0.717, 1.165) is 12.0 Å². The number of carbonyl (C=O) groups is 3. The quantitative estimate of drug-likeness (QED) is 0.400. The molecule has 1 saturated heterocycles. The molecular formula is C30H27ClF3N3O3. The van der Waals surface area contributed by atoms with E-state index in [4.69, 9.17) is 11.6 Å². The van der Waals surface area contributed by atoms with Gasteiger partial charge in [-0.3, -0.25) is 24.7 Å². The molecule has 2 heterocycles. The molecule has 10 heteroatoms. The van der Waals surface area contributed by atoms with Crippen LogP contribution < -0.4 is 10.2 Å². The molecule has 3 amide bonds. The van der Waals surface area contributed by atoms with Gasteiger partial charge in [-0.1, -0.05) is 79.2 Å². The van der Waals surface area contributed by atoms with Gasteiger partial charge in [-0.05, 0) is 36.6 Å². The van der Waals surface area contributed by atoms with Gasteiger partial charge in [0.05, 0.1) is 16.8 Å². The van der Waals surface area contributed by atoms with Crippen molar-refractivity contribution in [3.63, 3.8) is 0 Å².